The number of aromatic nitrogens is 1. The van der Waals surface area contributed by atoms with E-state index in [-0.39, 0.29) is 0 Å². The summed E-state index contributed by atoms with van der Waals surface area (Å²) < 4.78 is 9.36. The number of H-pyrrole nitrogens is 1. The van der Waals surface area contributed by atoms with Crippen LogP contribution in [0.3, 0.4) is 0 Å². The number of hydrogen-bond acceptors (Lipinski definition) is 5. The highest BCUT2D eigenvalue weighted by molar-refractivity contribution is 7.97. The molecule has 1 aromatic heterocycles. The van der Waals surface area contributed by atoms with Crippen molar-refractivity contribution in [3.05, 3.63) is 59.2 Å². The number of nitrogens with zero attached hydrogens (tertiary/aromatic N) is 1. The Kier molecular flexibility index (Phi) is 8.55. The number of fused-ring (bicyclic) bond motifs is 1. The number of aryl methyl sites for hydroxylation is 1. The van der Waals surface area contributed by atoms with Gasteiger partial charge in [0.05, 0.1) is 6.61 Å². The van der Waals surface area contributed by atoms with Crippen molar-refractivity contribution in [1.82, 2.24) is 19.9 Å². The highest BCUT2D eigenvalue weighted by Gasteiger charge is 2.08. The number of ether oxygens (including phenoxy) is 1. The van der Waals surface area contributed by atoms with Gasteiger partial charge in [-0.15, -0.1) is 0 Å². The molecule has 166 valence electrons. The second kappa shape index (κ2) is 11.8. The van der Waals surface area contributed by atoms with E-state index < -0.39 is 0 Å². The molecule has 0 unspecified atom stereocenters. The molecular formula is C24H31ClN4OS. The van der Waals surface area contributed by atoms with E-state index in [4.69, 9.17) is 16.3 Å². The van der Waals surface area contributed by atoms with Crippen molar-refractivity contribution in [3.8, 4) is 5.75 Å². The van der Waals surface area contributed by atoms with Crippen LogP contribution in [0.5, 0.6) is 5.75 Å². The summed E-state index contributed by atoms with van der Waals surface area (Å²) in [6.07, 6.45) is 5.26. The molecule has 0 saturated carbocycles. The number of hydrogen-bond donors (Lipinski definition) is 3. The molecule has 1 aliphatic rings. The summed E-state index contributed by atoms with van der Waals surface area (Å²) in [6, 6.07) is 14.4. The second-order valence-corrected chi connectivity index (χ2v) is 9.27. The quantitative estimate of drug-likeness (QED) is 0.286. The van der Waals surface area contributed by atoms with Crippen LogP contribution in [0, 0.1) is 0 Å². The van der Waals surface area contributed by atoms with Gasteiger partial charge in [-0.05, 0) is 79.2 Å². The van der Waals surface area contributed by atoms with E-state index in [2.05, 4.69) is 50.4 Å². The molecule has 3 N–H and O–H groups in total. The number of benzene rings is 2. The van der Waals surface area contributed by atoms with Crippen molar-refractivity contribution in [2.45, 2.75) is 24.2 Å². The van der Waals surface area contributed by atoms with Gasteiger partial charge in [0.25, 0.3) is 0 Å². The molecule has 7 heteroatoms. The lowest BCUT2D eigenvalue weighted by Gasteiger charge is -2.26. The lowest BCUT2D eigenvalue weighted by molar-refractivity contribution is 0.214. The zero-order valence-electron chi connectivity index (χ0n) is 17.8. The van der Waals surface area contributed by atoms with Crippen LogP contribution in [0.2, 0.25) is 5.02 Å². The van der Waals surface area contributed by atoms with E-state index in [0.717, 1.165) is 81.4 Å². The minimum Gasteiger partial charge on any atom is -0.494 e. The zero-order chi connectivity index (χ0) is 21.3. The Bertz CT molecular complexity index is 940. The molecule has 1 aliphatic heterocycles. The highest BCUT2D eigenvalue weighted by atomic mass is 35.5. The number of aromatic amines is 1. The summed E-state index contributed by atoms with van der Waals surface area (Å²) in [5.41, 5.74) is 2.47. The SMILES string of the molecule is Clc1ccc2[nH]cc(CCCNSc3ccc(OCCCN4CCNCC4)cc3)c2c1. The van der Waals surface area contributed by atoms with Gasteiger partial charge >= 0.3 is 0 Å². The van der Waals surface area contributed by atoms with Crippen molar-refractivity contribution in [2.75, 3.05) is 45.9 Å². The molecule has 0 aliphatic carbocycles. The van der Waals surface area contributed by atoms with Crippen molar-refractivity contribution in [2.24, 2.45) is 0 Å². The molecule has 4 rings (SSSR count). The first kappa shape index (κ1) is 22.5. The Labute approximate surface area is 194 Å². The van der Waals surface area contributed by atoms with Crippen LogP contribution in [0.15, 0.2) is 53.6 Å². The first-order valence-electron chi connectivity index (χ1n) is 11.1. The molecule has 2 aromatic carbocycles. The monoisotopic (exact) mass is 458 g/mol. The van der Waals surface area contributed by atoms with Gasteiger partial charge < -0.3 is 19.9 Å². The largest absolute Gasteiger partial charge is 0.494 e. The molecule has 0 spiro atoms. The molecule has 0 radical (unpaired) electrons. The lowest BCUT2D eigenvalue weighted by atomic mass is 10.1. The first-order valence-corrected chi connectivity index (χ1v) is 12.3. The summed E-state index contributed by atoms with van der Waals surface area (Å²) in [5.74, 6) is 0.947. The summed E-state index contributed by atoms with van der Waals surface area (Å²) in [5, 5.41) is 5.40. The minimum absolute atomic E-state index is 0.772. The lowest BCUT2D eigenvalue weighted by Crippen LogP contribution is -2.43. The van der Waals surface area contributed by atoms with Gasteiger partial charge in [0.1, 0.15) is 5.75 Å². The fraction of sp³-hybridized carbons (Fsp3) is 0.417. The number of nitrogens with one attached hydrogen (secondary N) is 3. The maximum atomic E-state index is 6.14. The molecular weight excluding hydrogens is 428 g/mol. The summed E-state index contributed by atoms with van der Waals surface area (Å²) in [4.78, 5) is 7.02. The molecule has 3 aromatic rings. The normalized spacial score (nSPS) is 14.9. The molecule has 5 nitrogen and oxygen atoms in total. The average Bonchev–Trinajstić information content (AvgIpc) is 3.20. The summed E-state index contributed by atoms with van der Waals surface area (Å²) >= 11 is 7.81. The molecule has 31 heavy (non-hydrogen) atoms. The fourth-order valence-corrected chi connectivity index (χ4v) is 4.72. The fourth-order valence-electron chi connectivity index (χ4n) is 3.86. The van der Waals surface area contributed by atoms with Crippen LogP contribution in [0.1, 0.15) is 18.4 Å². The number of rotatable bonds is 11. The van der Waals surface area contributed by atoms with Crippen molar-refractivity contribution < 1.29 is 4.74 Å². The maximum absolute atomic E-state index is 6.14. The molecule has 1 saturated heterocycles. The van der Waals surface area contributed by atoms with Gasteiger partial charge in [0, 0.05) is 66.3 Å². The molecule has 0 atom stereocenters. The predicted molar refractivity (Wildman–Crippen MR) is 131 cm³/mol. The van der Waals surface area contributed by atoms with Crippen LogP contribution < -0.4 is 14.8 Å². The Morgan fingerprint density at radius 2 is 1.90 bits per heavy atom. The van der Waals surface area contributed by atoms with E-state index in [1.165, 1.54) is 15.8 Å². The number of halogens is 1. The Balaban J connectivity index is 1.11. The molecule has 1 fully saturated rings. The van der Waals surface area contributed by atoms with Gasteiger partial charge in [-0.25, -0.2) is 0 Å². The highest BCUT2D eigenvalue weighted by Crippen LogP contribution is 2.23. The van der Waals surface area contributed by atoms with Gasteiger partial charge in [0.15, 0.2) is 0 Å². The van der Waals surface area contributed by atoms with Gasteiger partial charge in [-0.3, -0.25) is 4.72 Å². The van der Waals surface area contributed by atoms with Crippen LogP contribution >= 0.6 is 23.5 Å². The second-order valence-electron chi connectivity index (χ2n) is 7.87. The van der Waals surface area contributed by atoms with Crippen molar-refractivity contribution >= 4 is 34.5 Å². The maximum Gasteiger partial charge on any atom is 0.119 e. The van der Waals surface area contributed by atoms with Crippen molar-refractivity contribution in [3.63, 3.8) is 0 Å². The topological polar surface area (TPSA) is 52.3 Å². The molecule has 0 amide bonds. The Hall–Kier alpha value is -1.70. The summed E-state index contributed by atoms with van der Waals surface area (Å²) in [7, 11) is 0. The van der Waals surface area contributed by atoms with Gasteiger partial charge in [-0.1, -0.05) is 11.6 Å². The standard InChI is InChI=1S/C24H31ClN4OS/c25-20-4-9-24-23(17-20)19(18-27-24)3-1-10-28-31-22-7-5-21(6-8-22)30-16-2-13-29-14-11-26-12-15-29/h4-9,17-18,26-28H,1-3,10-16H2. The Morgan fingerprint density at radius 3 is 2.74 bits per heavy atom. The Morgan fingerprint density at radius 1 is 1.06 bits per heavy atom. The first-order chi connectivity index (χ1) is 15.3. The number of piperazine rings is 1. The van der Waals surface area contributed by atoms with E-state index in [1.807, 2.05) is 18.2 Å². The van der Waals surface area contributed by atoms with Crippen LogP contribution in [-0.4, -0.2) is 55.8 Å². The average molecular weight is 459 g/mol. The van der Waals surface area contributed by atoms with Gasteiger partial charge in [0.2, 0.25) is 0 Å². The molecule has 0 bridgehead atoms. The van der Waals surface area contributed by atoms with Crippen LogP contribution in [0.4, 0.5) is 0 Å². The van der Waals surface area contributed by atoms with Crippen molar-refractivity contribution in [1.29, 1.82) is 0 Å². The smallest absolute Gasteiger partial charge is 0.119 e. The third-order valence-corrected chi connectivity index (χ3v) is 6.66. The minimum atomic E-state index is 0.772. The predicted octanol–water partition coefficient (Wildman–Crippen LogP) is 4.72. The van der Waals surface area contributed by atoms with Crippen LogP contribution in [0.25, 0.3) is 10.9 Å². The third kappa shape index (κ3) is 6.89. The van der Waals surface area contributed by atoms with Gasteiger partial charge in [-0.2, -0.15) is 0 Å². The van der Waals surface area contributed by atoms with Crippen LogP contribution in [-0.2, 0) is 6.42 Å². The zero-order valence-corrected chi connectivity index (χ0v) is 19.4. The van der Waals surface area contributed by atoms with E-state index in [1.54, 1.807) is 11.9 Å². The molecule has 2 heterocycles. The summed E-state index contributed by atoms with van der Waals surface area (Å²) in [6.45, 7) is 7.34. The van der Waals surface area contributed by atoms with E-state index in [9.17, 15) is 0 Å². The van der Waals surface area contributed by atoms with E-state index >= 15 is 0 Å². The van der Waals surface area contributed by atoms with E-state index in [0.29, 0.717) is 0 Å². The third-order valence-electron chi connectivity index (χ3n) is 5.57.